The Hall–Kier alpha value is -1.26. The van der Waals surface area contributed by atoms with Gasteiger partial charge in [-0.25, -0.2) is 4.79 Å². The minimum atomic E-state index is -0.610. The molecule has 0 saturated heterocycles. The van der Waals surface area contributed by atoms with Crippen LogP contribution in [0.25, 0.3) is 0 Å². The quantitative estimate of drug-likeness (QED) is 0.588. The Bertz CT molecular complexity index is 305. The Balaban J connectivity index is 2.34. The van der Waals surface area contributed by atoms with Crippen LogP contribution >= 0.6 is 11.6 Å². The second kappa shape index (κ2) is 6.27. The van der Waals surface area contributed by atoms with Crippen molar-refractivity contribution >= 4 is 17.7 Å². The van der Waals surface area contributed by atoms with Gasteiger partial charge in [-0.1, -0.05) is 41.9 Å². The molecule has 0 aromatic heterocycles. The summed E-state index contributed by atoms with van der Waals surface area (Å²) in [5.41, 5.74) is 0.975. The third-order valence-corrected chi connectivity index (χ3v) is 1.81. The maximum absolute atomic E-state index is 11.1. The van der Waals surface area contributed by atoms with Crippen molar-refractivity contribution in [3.05, 3.63) is 35.9 Å². The van der Waals surface area contributed by atoms with E-state index in [1.165, 1.54) is 7.05 Å². The summed E-state index contributed by atoms with van der Waals surface area (Å²) in [5.74, 6) is 0. The van der Waals surface area contributed by atoms with E-state index in [1.807, 2.05) is 30.3 Å². The molecule has 1 aromatic carbocycles. The van der Waals surface area contributed by atoms with Gasteiger partial charge in [0.1, 0.15) is 6.61 Å². The molecule has 0 aliphatic heterocycles. The highest BCUT2D eigenvalue weighted by Gasteiger charge is 2.09. The number of carbonyl (C=O) groups is 1. The highest BCUT2D eigenvalue weighted by atomic mass is 35.5. The SMILES string of the molecule is CN(OCc1ccccc1)C(=O)OCCl. The maximum atomic E-state index is 11.1. The van der Waals surface area contributed by atoms with E-state index in [-0.39, 0.29) is 6.07 Å². The van der Waals surface area contributed by atoms with E-state index in [2.05, 4.69) is 4.74 Å². The highest BCUT2D eigenvalue weighted by molar-refractivity contribution is 6.17. The third kappa shape index (κ3) is 4.18. The average molecular weight is 230 g/mol. The molecule has 1 aromatic rings. The molecule has 1 amide bonds. The standard InChI is InChI=1S/C10H12ClNO3/c1-12(10(13)14-8-11)15-7-9-5-3-2-4-6-9/h2-6H,7-8H2,1H3. The first-order chi connectivity index (χ1) is 7.24. The lowest BCUT2D eigenvalue weighted by molar-refractivity contribution is -0.127. The monoisotopic (exact) mass is 229 g/mol. The summed E-state index contributed by atoms with van der Waals surface area (Å²) in [5, 5.41) is 1.01. The number of hydrogen-bond donors (Lipinski definition) is 0. The van der Waals surface area contributed by atoms with Crippen molar-refractivity contribution in [3.63, 3.8) is 0 Å². The predicted octanol–water partition coefficient (Wildman–Crippen LogP) is 2.38. The summed E-state index contributed by atoms with van der Waals surface area (Å²) in [7, 11) is 1.47. The van der Waals surface area contributed by atoms with Gasteiger partial charge in [-0.05, 0) is 5.56 Å². The number of benzene rings is 1. The van der Waals surface area contributed by atoms with Gasteiger partial charge in [0.25, 0.3) is 0 Å². The molecule has 0 heterocycles. The third-order valence-electron chi connectivity index (χ3n) is 1.70. The zero-order valence-corrected chi connectivity index (χ0v) is 9.11. The van der Waals surface area contributed by atoms with Crippen LogP contribution in [0.5, 0.6) is 0 Å². The van der Waals surface area contributed by atoms with E-state index in [0.717, 1.165) is 10.6 Å². The molecule has 0 N–H and O–H groups in total. The van der Waals surface area contributed by atoms with Gasteiger partial charge in [0, 0.05) is 7.05 Å². The Labute approximate surface area is 93.3 Å². The van der Waals surface area contributed by atoms with Crippen molar-refractivity contribution in [2.75, 3.05) is 13.1 Å². The fourth-order valence-electron chi connectivity index (χ4n) is 0.936. The van der Waals surface area contributed by atoms with Crippen LogP contribution in [0.2, 0.25) is 0 Å². The molecule has 82 valence electrons. The second-order valence-corrected chi connectivity index (χ2v) is 2.99. The molecular weight excluding hydrogens is 218 g/mol. The lowest BCUT2D eigenvalue weighted by atomic mass is 10.2. The van der Waals surface area contributed by atoms with Gasteiger partial charge < -0.3 is 4.74 Å². The van der Waals surface area contributed by atoms with Crippen molar-refractivity contribution in [2.24, 2.45) is 0 Å². The summed E-state index contributed by atoms with van der Waals surface area (Å²) in [6.45, 7) is 0.314. The molecular formula is C10H12ClNO3. The fourth-order valence-corrected chi connectivity index (χ4v) is 1.03. The molecule has 5 heteroatoms. The minimum Gasteiger partial charge on any atom is -0.432 e. The van der Waals surface area contributed by atoms with E-state index in [1.54, 1.807) is 0 Å². The molecule has 15 heavy (non-hydrogen) atoms. The number of nitrogens with zero attached hydrogens (tertiary/aromatic N) is 1. The first-order valence-corrected chi connectivity index (χ1v) is 4.91. The maximum Gasteiger partial charge on any atom is 0.434 e. The number of amides is 1. The van der Waals surface area contributed by atoms with Crippen molar-refractivity contribution in [1.29, 1.82) is 0 Å². The molecule has 0 atom stereocenters. The summed E-state index contributed by atoms with van der Waals surface area (Å²) in [6.07, 6.45) is -0.610. The second-order valence-electron chi connectivity index (χ2n) is 2.78. The van der Waals surface area contributed by atoms with Crippen LogP contribution in [-0.2, 0) is 16.2 Å². The van der Waals surface area contributed by atoms with Crippen molar-refractivity contribution in [2.45, 2.75) is 6.61 Å². The smallest absolute Gasteiger partial charge is 0.432 e. The van der Waals surface area contributed by atoms with E-state index in [4.69, 9.17) is 16.4 Å². The van der Waals surface area contributed by atoms with E-state index in [0.29, 0.717) is 6.61 Å². The Morgan fingerprint density at radius 2 is 2.07 bits per heavy atom. The molecule has 0 fully saturated rings. The van der Waals surface area contributed by atoms with Crippen LogP contribution in [0, 0.1) is 0 Å². The molecule has 0 unspecified atom stereocenters. The van der Waals surface area contributed by atoms with Gasteiger partial charge in [0.2, 0.25) is 0 Å². The molecule has 0 spiro atoms. The Morgan fingerprint density at radius 3 is 2.67 bits per heavy atom. The zero-order chi connectivity index (χ0) is 11.1. The van der Waals surface area contributed by atoms with Gasteiger partial charge in [0.05, 0.1) is 0 Å². The lowest BCUT2D eigenvalue weighted by Crippen LogP contribution is -2.27. The van der Waals surface area contributed by atoms with Crippen molar-refractivity contribution in [1.82, 2.24) is 5.06 Å². The first kappa shape index (κ1) is 11.8. The number of carbonyl (C=O) groups excluding carboxylic acids is 1. The average Bonchev–Trinajstić information content (AvgIpc) is 2.27. The van der Waals surface area contributed by atoms with Crippen LogP contribution < -0.4 is 0 Å². The van der Waals surface area contributed by atoms with Crippen LogP contribution in [0.3, 0.4) is 0 Å². The summed E-state index contributed by atoms with van der Waals surface area (Å²) >= 11 is 5.23. The van der Waals surface area contributed by atoms with Gasteiger partial charge >= 0.3 is 6.09 Å². The predicted molar refractivity (Wildman–Crippen MR) is 56.2 cm³/mol. The van der Waals surface area contributed by atoms with Crippen LogP contribution in [0.15, 0.2) is 30.3 Å². The number of hydroxylamine groups is 2. The van der Waals surface area contributed by atoms with Crippen LogP contribution in [0.1, 0.15) is 5.56 Å². The van der Waals surface area contributed by atoms with Gasteiger partial charge in [-0.3, -0.25) is 4.84 Å². The van der Waals surface area contributed by atoms with Crippen molar-refractivity contribution in [3.8, 4) is 0 Å². The normalized spacial score (nSPS) is 9.73. The molecule has 0 aliphatic rings. The number of halogens is 1. The largest absolute Gasteiger partial charge is 0.434 e. The summed E-state index contributed by atoms with van der Waals surface area (Å²) in [4.78, 5) is 16.2. The van der Waals surface area contributed by atoms with Gasteiger partial charge in [-0.15, -0.1) is 0 Å². The summed E-state index contributed by atoms with van der Waals surface area (Å²) in [6, 6.07) is 9.33. The molecule has 1 rings (SSSR count). The van der Waals surface area contributed by atoms with Gasteiger partial charge in [0.15, 0.2) is 6.07 Å². The lowest BCUT2D eigenvalue weighted by Gasteiger charge is -2.15. The molecule has 0 aliphatic carbocycles. The first-order valence-electron chi connectivity index (χ1n) is 4.37. The zero-order valence-electron chi connectivity index (χ0n) is 8.35. The van der Waals surface area contributed by atoms with Crippen LogP contribution in [0.4, 0.5) is 4.79 Å². The Kier molecular flexibility index (Phi) is 4.93. The fraction of sp³-hybridized carbons (Fsp3) is 0.300. The summed E-state index contributed by atoms with van der Waals surface area (Å²) < 4.78 is 4.52. The van der Waals surface area contributed by atoms with E-state index < -0.39 is 6.09 Å². The number of rotatable bonds is 4. The number of alkyl halides is 1. The Morgan fingerprint density at radius 1 is 1.40 bits per heavy atom. The van der Waals surface area contributed by atoms with Crippen molar-refractivity contribution < 1.29 is 14.4 Å². The van der Waals surface area contributed by atoms with E-state index in [9.17, 15) is 4.79 Å². The highest BCUT2D eigenvalue weighted by Crippen LogP contribution is 2.02. The number of hydrogen-bond acceptors (Lipinski definition) is 3. The van der Waals surface area contributed by atoms with E-state index >= 15 is 0 Å². The number of ether oxygens (including phenoxy) is 1. The van der Waals surface area contributed by atoms with Gasteiger partial charge in [-0.2, -0.15) is 5.06 Å². The van der Waals surface area contributed by atoms with Crippen LogP contribution in [-0.4, -0.2) is 24.3 Å². The topological polar surface area (TPSA) is 38.8 Å². The molecule has 0 radical (unpaired) electrons. The molecule has 4 nitrogen and oxygen atoms in total. The molecule has 0 bridgehead atoms. The minimum absolute atomic E-state index is 0.183. The molecule has 0 saturated carbocycles.